The van der Waals surface area contributed by atoms with Crippen molar-refractivity contribution in [2.75, 3.05) is 6.54 Å². The molecule has 4 nitrogen and oxygen atoms in total. The van der Waals surface area contributed by atoms with Crippen LogP contribution in [0.15, 0.2) is 24.3 Å². The Bertz CT molecular complexity index is 477. The van der Waals surface area contributed by atoms with Crippen LogP contribution in [0, 0.1) is 17.2 Å². The van der Waals surface area contributed by atoms with Crippen LogP contribution in [0.5, 0.6) is 0 Å². The van der Waals surface area contributed by atoms with Crippen molar-refractivity contribution in [3.63, 3.8) is 0 Å². The van der Waals surface area contributed by atoms with Crippen LogP contribution in [-0.4, -0.2) is 28.6 Å². The molecule has 0 amide bonds. The third-order valence-corrected chi connectivity index (χ3v) is 3.17. The predicted octanol–water partition coefficient (Wildman–Crippen LogP) is 2.49. The smallest absolute Gasteiger partial charge is 0.307 e. The second-order valence-corrected chi connectivity index (χ2v) is 5.03. The van der Waals surface area contributed by atoms with E-state index in [1.54, 1.807) is 13.0 Å². The summed E-state index contributed by atoms with van der Waals surface area (Å²) in [5.74, 6) is -1.21. The maximum atomic E-state index is 11.0. The van der Waals surface area contributed by atoms with Crippen LogP contribution in [0.3, 0.4) is 0 Å². The fourth-order valence-electron chi connectivity index (χ4n) is 1.87. The summed E-state index contributed by atoms with van der Waals surface area (Å²) in [7, 11) is 0. The Balaban J connectivity index is 2.85. The Morgan fingerprint density at radius 1 is 1.37 bits per heavy atom. The van der Waals surface area contributed by atoms with Crippen LogP contribution in [0.1, 0.15) is 31.9 Å². The number of carboxylic acids is 1. The summed E-state index contributed by atoms with van der Waals surface area (Å²) in [4.78, 5) is 13.0. The van der Waals surface area contributed by atoms with Gasteiger partial charge in [-0.15, -0.1) is 0 Å². The topological polar surface area (TPSA) is 64.3 Å². The van der Waals surface area contributed by atoms with E-state index in [0.29, 0.717) is 18.7 Å². The molecule has 0 bridgehead atoms. The largest absolute Gasteiger partial charge is 0.481 e. The molecule has 0 heterocycles. The number of nitrogens with zero attached hydrogens (tertiary/aromatic N) is 2. The van der Waals surface area contributed by atoms with E-state index in [2.05, 4.69) is 11.0 Å². The van der Waals surface area contributed by atoms with Gasteiger partial charge in [-0.05, 0) is 25.5 Å². The molecule has 0 spiro atoms. The van der Waals surface area contributed by atoms with Gasteiger partial charge < -0.3 is 5.11 Å². The molecule has 1 unspecified atom stereocenters. The molecule has 0 saturated carbocycles. The zero-order valence-corrected chi connectivity index (χ0v) is 11.6. The fourth-order valence-corrected chi connectivity index (χ4v) is 1.87. The maximum absolute atomic E-state index is 11.0. The van der Waals surface area contributed by atoms with Crippen molar-refractivity contribution in [3.8, 4) is 6.07 Å². The minimum absolute atomic E-state index is 0.230. The molecular weight excluding hydrogens is 240 g/mol. The van der Waals surface area contributed by atoms with Crippen molar-refractivity contribution in [2.45, 2.75) is 33.4 Å². The zero-order valence-electron chi connectivity index (χ0n) is 11.6. The highest BCUT2D eigenvalue weighted by atomic mass is 16.4. The van der Waals surface area contributed by atoms with Crippen LogP contribution in [0.2, 0.25) is 0 Å². The molecule has 19 heavy (non-hydrogen) atoms. The van der Waals surface area contributed by atoms with Crippen LogP contribution in [0.25, 0.3) is 0 Å². The lowest BCUT2D eigenvalue weighted by atomic mass is 10.1. The average Bonchev–Trinajstić information content (AvgIpc) is 2.38. The lowest BCUT2D eigenvalue weighted by molar-refractivity contribution is -0.141. The molecule has 1 N–H and O–H groups in total. The molecule has 0 aromatic heterocycles. The molecule has 0 aliphatic carbocycles. The maximum Gasteiger partial charge on any atom is 0.307 e. The van der Waals surface area contributed by atoms with Gasteiger partial charge in [-0.1, -0.05) is 25.1 Å². The van der Waals surface area contributed by atoms with Gasteiger partial charge in [0.05, 0.1) is 17.6 Å². The Morgan fingerprint density at radius 2 is 2.00 bits per heavy atom. The summed E-state index contributed by atoms with van der Waals surface area (Å²) < 4.78 is 0. The molecule has 1 aromatic rings. The molecule has 0 fully saturated rings. The van der Waals surface area contributed by atoms with E-state index < -0.39 is 11.9 Å². The van der Waals surface area contributed by atoms with Gasteiger partial charge in [0.2, 0.25) is 0 Å². The van der Waals surface area contributed by atoms with E-state index in [9.17, 15) is 4.79 Å². The van der Waals surface area contributed by atoms with E-state index in [1.165, 1.54) is 0 Å². The molecule has 0 saturated heterocycles. The molecule has 1 rings (SSSR count). The van der Waals surface area contributed by atoms with Gasteiger partial charge in [-0.25, -0.2) is 0 Å². The predicted molar refractivity (Wildman–Crippen MR) is 73.5 cm³/mol. The number of nitriles is 1. The van der Waals surface area contributed by atoms with Crippen LogP contribution < -0.4 is 0 Å². The van der Waals surface area contributed by atoms with E-state index in [-0.39, 0.29) is 6.04 Å². The van der Waals surface area contributed by atoms with Gasteiger partial charge in [-0.2, -0.15) is 5.26 Å². The average molecular weight is 260 g/mol. The lowest BCUT2D eigenvalue weighted by Crippen LogP contribution is -2.36. The highest BCUT2D eigenvalue weighted by molar-refractivity contribution is 5.69. The van der Waals surface area contributed by atoms with Crippen molar-refractivity contribution < 1.29 is 9.90 Å². The Hall–Kier alpha value is -1.86. The normalized spacial score (nSPS) is 12.4. The molecule has 0 aliphatic rings. The van der Waals surface area contributed by atoms with E-state index in [1.807, 2.05) is 32.0 Å². The molecule has 0 aliphatic heterocycles. The highest BCUT2D eigenvalue weighted by Crippen LogP contribution is 2.14. The first kappa shape index (κ1) is 15.2. The first-order valence-electron chi connectivity index (χ1n) is 6.40. The van der Waals surface area contributed by atoms with Gasteiger partial charge >= 0.3 is 5.97 Å². The fraction of sp³-hybridized carbons (Fsp3) is 0.467. The number of carbonyl (C=O) groups is 1. The third kappa shape index (κ3) is 4.38. The Labute approximate surface area is 114 Å². The SMILES string of the molecule is CC(CN(Cc1ccccc1C#N)C(C)C)C(=O)O. The molecule has 4 heteroatoms. The van der Waals surface area contributed by atoms with E-state index in [4.69, 9.17) is 10.4 Å². The Kier molecular flexibility index (Phi) is 5.53. The molecular formula is C15H20N2O2. The third-order valence-electron chi connectivity index (χ3n) is 3.17. The summed E-state index contributed by atoms with van der Waals surface area (Å²) in [6.07, 6.45) is 0. The molecule has 1 atom stereocenters. The van der Waals surface area contributed by atoms with E-state index >= 15 is 0 Å². The number of carboxylic acid groups (broad SMARTS) is 1. The van der Waals surface area contributed by atoms with Crippen molar-refractivity contribution in [2.24, 2.45) is 5.92 Å². The summed E-state index contributed by atoms with van der Waals surface area (Å²) in [6.45, 7) is 6.84. The van der Waals surface area contributed by atoms with E-state index in [0.717, 1.165) is 5.56 Å². The van der Waals surface area contributed by atoms with Crippen molar-refractivity contribution >= 4 is 5.97 Å². The van der Waals surface area contributed by atoms with Gasteiger partial charge in [0, 0.05) is 19.1 Å². The van der Waals surface area contributed by atoms with Crippen LogP contribution in [-0.2, 0) is 11.3 Å². The van der Waals surface area contributed by atoms with Gasteiger partial charge in [0.15, 0.2) is 0 Å². The van der Waals surface area contributed by atoms with Crippen LogP contribution in [0.4, 0.5) is 0 Å². The van der Waals surface area contributed by atoms with Crippen molar-refractivity contribution in [1.82, 2.24) is 4.90 Å². The second-order valence-electron chi connectivity index (χ2n) is 5.03. The molecule has 0 radical (unpaired) electrons. The zero-order chi connectivity index (χ0) is 14.4. The summed E-state index contributed by atoms with van der Waals surface area (Å²) in [6, 6.07) is 9.84. The van der Waals surface area contributed by atoms with Crippen LogP contribution >= 0.6 is 0 Å². The number of aliphatic carboxylic acids is 1. The number of benzene rings is 1. The van der Waals surface area contributed by atoms with Gasteiger partial charge in [-0.3, -0.25) is 9.69 Å². The van der Waals surface area contributed by atoms with Crippen molar-refractivity contribution in [1.29, 1.82) is 5.26 Å². The highest BCUT2D eigenvalue weighted by Gasteiger charge is 2.19. The molecule has 1 aromatic carbocycles. The van der Waals surface area contributed by atoms with Gasteiger partial charge in [0.25, 0.3) is 0 Å². The lowest BCUT2D eigenvalue weighted by Gasteiger charge is -2.28. The first-order chi connectivity index (χ1) is 8.95. The minimum atomic E-state index is -0.792. The summed E-state index contributed by atoms with van der Waals surface area (Å²) in [5.41, 5.74) is 1.59. The number of rotatable bonds is 6. The van der Waals surface area contributed by atoms with Crippen molar-refractivity contribution in [3.05, 3.63) is 35.4 Å². The summed E-state index contributed by atoms with van der Waals surface area (Å²) in [5, 5.41) is 18.1. The Morgan fingerprint density at radius 3 is 2.53 bits per heavy atom. The number of hydrogen-bond acceptors (Lipinski definition) is 3. The quantitative estimate of drug-likeness (QED) is 0.853. The summed E-state index contributed by atoms with van der Waals surface area (Å²) >= 11 is 0. The van der Waals surface area contributed by atoms with Gasteiger partial charge in [0.1, 0.15) is 0 Å². The number of hydrogen-bond donors (Lipinski definition) is 1. The monoisotopic (exact) mass is 260 g/mol. The minimum Gasteiger partial charge on any atom is -0.481 e. The standard InChI is InChI=1S/C15H20N2O2/c1-11(2)17(9-12(3)15(18)19)10-14-7-5-4-6-13(14)8-16/h4-7,11-12H,9-10H2,1-3H3,(H,18,19). The second kappa shape index (κ2) is 6.91. The first-order valence-corrected chi connectivity index (χ1v) is 6.40. The molecule has 102 valence electrons.